The van der Waals surface area contributed by atoms with Crippen molar-refractivity contribution < 1.29 is 9.53 Å². The molecule has 0 aliphatic carbocycles. The van der Waals surface area contributed by atoms with Gasteiger partial charge in [0.1, 0.15) is 5.60 Å². The van der Waals surface area contributed by atoms with Crippen molar-refractivity contribution >= 4 is 6.09 Å². The third-order valence-corrected chi connectivity index (χ3v) is 3.72. The summed E-state index contributed by atoms with van der Waals surface area (Å²) in [6.45, 7) is 9.37. The molecule has 5 nitrogen and oxygen atoms in total. The van der Waals surface area contributed by atoms with Crippen LogP contribution in [-0.2, 0) is 4.74 Å². The Morgan fingerprint density at radius 1 is 1.43 bits per heavy atom. The van der Waals surface area contributed by atoms with Crippen LogP contribution in [0.2, 0.25) is 0 Å². The number of nitrogens with zero attached hydrogens (tertiary/aromatic N) is 1. The van der Waals surface area contributed by atoms with E-state index in [1.165, 1.54) is 5.69 Å². The van der Waals surface area contributed by atoms with Gasteiger partial charge in [-0.1, -0.05) is 0 Å². The van der Waals surface area contributed by atoms with E-state index < -0.39 is 5.60 Å². The fraction of sp³-hybridized carbons (Fsp3) is 0.688. The monoisotopic (exact) mass is 293 g/mol. The summed E-state index contributed by atoms with van der Waals surface area (Å²) in [5, 5.41) is 3.62. The van der Waals surface area contributed by atoms with E-state index in [1.54, 1.807) is 0 Å². The molecule has 0 unspecified atom stereocenters. The van der Waals surface area contributed by atoms with Crippen LogP contribution in [0.3, 0.4) is 0 Å². The number of aromatic amines is 1. The highest BCUT2D eigenvalue weighted by Gasteiger charge is 2.27. The van der Waals surface area contributed by atoms with Gasteiger partial charge in [0.2, 0.25) is 0 Å². The Balaban J connectivity index is 1.77. The van der Waals surface area contributed by atoms with Crippen LogP contribution >= 0.6 is 0 Å². The third kappa shape index (κ3) is 4.77. The number of rotatable bonds is 3. The lowest BCUT2D eigenvalue weighted by Crippen LogP contribution is -2.47. The predicted molar refractivity (Wildman–Crippen MR) is 83.2 cm³/mol. The Kier molecular flexibility index (Phi) is 4.93. The van der Waals surface area contributed by atoms with E-state index in [-0.39, 0.29) is 6.09 Å². The number of ether oxygens (including phenoxy) is 1. The highest BCUT2D eigenvalue weighted by atomic mass is 16.6. The van der Waals surface area contributed by atoms with Crippen molar-refractivity contribution in [2.45, 2.75) is 58.2 Å². The first-order valence-corrected chi connectivity index (χ1v) is 7.72. The maximum absolute atomic E-state index is 12.0. The number of hydrogen-bond acceptors (Lipinski definition) is 3. The number of nitrogens with one attached hydrogen (secondary N) is 2. The lowest BCUT2D eigenvalue weighted by atomic mass is 10.0. The molecule has 0 bridgehead atoms. The van der Waals surface area contributed by atoms with Crippen molar-refractivity contribution in [3.63, 3.8) is 0 Å². The molecular formula is C16H27N3O2. The molecule has 1 saturated heterocycles. The number of carbonyl (C=O) groups excluding carboxylic acids is 1. The predicted octanol–water partition coefficient (Wildman–Crippen LogP) is 3.06. The van der Waals surface area contributed by atoms with Crippen LogP contribution in [0, 0.1) is 0 Å². The molecule has 0 aromatic carbocycles. The van der Waals surface area contributed by atoms with Crippen LogP contribution in [0.4, 0.5) is 4.79 Å². The smallest absolute Gasteiger partial charge is 0.410 e. The van der Waals surface area contributed by atoms with Crippen molar-refractivity contribution in [3.8, 4) is 0 Å². The summed E-state index contributed by atoms with van der Waals surface area (Å²) >= 11 is 0. The maximum atomic E-state index is 12.0. The molecule has 2 rings (SSSR count). The minimum absolute atomic E-state index is 0.196. The molecule has 21 heavy (non-hydrogen) atoms. The lowest BCUT2D eigenvalue weighted by Gasteiger charge is -2.34. The average molecular weight is 293 g/mol. The minimum Gasteiger partial charge on any atom is -0.444 e. The van der Waals surface area contributed by atoms with E-state index in [2.05, 4.69) is 23.3 Å². The van der Waals surface area contributed by atoms with Gasteiger partial charge in [0.25, 0.3) is 0 Å². The summed E-state index contributed by atoms with van der Waals surface area (Å²) < 4.78 is 5.41. The molecular weight excluding hydrogens is 266 g/mol. The van der Waals surface area contributed by atoms with Crippen molar-refractivity contribution in [1.29, 1.82) is 0 Å². The SMILES string of the molecule is C[C@H](NC1CCN(C(=O)OC(C)(C)C)CC1)c1ccc[nH]1. The summed E-state index contributed by atoms with van der Waals surface area (Å²) in [7, 11) is 0. The molecule has 5 heteroatoms. The van der Waals surface area contributed by atoms with Gasteiger partial charge < -0.3 is 19.9 Å². The number of aromatic nitrogens is 1. The summed E-state index contributed by atoms with van der Waals surface area (Å²) in [5.74, 6) is 0. The van der Waals surface area contributed by atoms with Gasteiger partial charge in [-0.05, 0) is 52.7 Å². The van der Waals surface area contributed by atoms with Gasteiger partial charge in [-0.15, -0.1) is 0 Å². The van der Waals surface area contributed by atoms with Gasteiger partial charge in [0, 0.05) is 37.1 Å². The molecule has 0 radical (unpaired) electrons. The number of hydrogen-bond donors (Lipinski definition) is 2. The molecule has 1 atom stereocenters. The zero-order valence-electron chi connectivity index (χ0n) is 13.5. The number of amides is 1. The van der Waals surface area contributed by atoms with Crippen LogP contribution in [0.5, 0.6) is 0 Å². The van der Waals surface area contributed by atoms with Crippen molar-refractivity contribution in [1.82, 2.24) is 15.2 Å². The quantitative estimate of drug-likeness (QED) is 0.900. The molecule has 1 aromatic rings. The summed E-state index contributed by atoms with van der Waals surface area (Å²) in [4.78, 5) is 17.0. The van der Waals surface area contributed by atoms with E-state index in [1.807, 2.05) is 37.9 Å². The van der Waals surface area contributed by atoms with Crippen LogP contribution in [0.15, 0.2) is 18.3 Å². The van der Waals surface area contributed by atoms with Gasteiger partial charge in [-0.3, -0.25) is 0 Å². The van der Waals surface area contributed by atoms with Crippen molar-refractivity contribution in [2.24, 2.45) is 0 Å². The standard InChI is InChI=1S/C16H27N3O2/c1-12(14-6-5-9-17-14)18-13-7-10-19(11-8-13)15(20)21-16(2,3)4/h5-6,9,12-13,17-18H,7-8,10-11H2,1-4H3/t12-/m0/s1. The van der Waals surface area contributed by atoms with E-state index >= 15 is 0 Å². The van der Waals surface area contributed by atoms with E-state index in [4.69, 9.17) is 4.74 Å². The van der Waals surface area contributed by atoms with Gasteiger partial charge in [0.05, 0.1) is 0 Å². The summed E-state index contributed by atoms with van der Waals surface area (Å²) in [5.41, 5.74) is 0.776. The second-order valence-corrected chi connectivity index (χ2v) is 6.76. The molecule has 2 heterocycles. The first-order chi connectivity index (χ1) is 9.85. The molecule has 1 aliphatic heterocycles. The fourth-order valence-electron chi connectivity index (χ4n) is 2.61. The number of likely N-dealkylation sites (tertiary alicyclic amines) is 1. The average Bonchev–Trinajstić information content (AvgIpc) is 2.91. The molecule has 1 fully saturated rings. The highest BCUT2D eigenvalue weighted by molar-refractivity contribution is 5.68. The highest BCUT2D eigenvalue weighted by Crippen LogP contribution is 2.18. The van der Waals surface area contributed by atoms with Crippen LogP contribution in [0.25, 0.3) is 0 Å². The second-order valence-electron chi connectivity index (χ2n) is 6.76. The first kappa shape index (κ1) is 15.9. The molecule has 1 amide bonds. The Bertz CT molecular complexity index is 443. The fourth-order valence-corrected chi connectivity index (χ4v) is 2.61. The lowest BCUT2D eigenvalue weighted by molar-refractivity contribution is 0.0196. The van der Waals surface area contributed by atoms with Crippen molar-refractivity contribution in [2.75, 3.05) is 13.1 Å². The second kappa shape index (κ2) is 6.52. The number of H-pyrrole nitrogens is 1. The zero-order chi connectivity index (χ0) is 15.5. The zero-order valence-corrected chi connectivity index (χ0v) is 13.5. The van der Waals surface area contributed by atoms with E-state index in [0.717, 1.165) is 25.9 Å². The van der Waals surface area contributed by atoms with Crippen LogP contribution in [0.1, 0.15) is 52.3 Å². The summed E-state index contributed by atoms with van der Waals surface area (Å²) in [6, 6.07) is 4.85. The molecule has 0 saturated carbocycles. The Morgan fingerprint density at radius 2 is 2.10 bits per heavy atom. The van der Waals surface area contributed by atoms with Crippen LogP contribution < -0.4 is 5.32 Å². The van der Waals surface area contributed by atoms with Gasteiger partial charge in [-0.2, -0.15) is 0 Å². The first-order valence-electron chi connectivity index (χ1n) is 7.72. The van der Waals surface area contributed by atoms with Gasteiger partial charge >= 0.3 is 6.09 Å². The van der Waals surface area contributed by atoms with E-state index in [9.17, 15) is 4.79 Å². The molecule has 1 aliphatic rings. The minimum atomic E-state index is -0.422. The maximum Gasteiger partial charge on any atom is 0.410 e. The van der Waals surface area contributed by atoms with E-state index in [0.29, 0.717) is 12.1 Å². The van der Waals surface area contributed by atoms with Gasteiger partial charge in [-0.25, -0.2) is 4.79 Å². The van der Waals surface area contributed by atoms with Gasteiger partial charge in [0.15, 0.2) is 0 Å². The van der Waals surface area contributed by atoms with Crippen LogP contribution in [-0.4, -0.2) is 40.7 Å². The number of carbonyl (C=O) groups is 1. The molecule has 1 aromatic heterocycles. The third-order valence-electron chi connectivity index (χ3n) is 3.72. The molecule has 2 N–H and O–H groups in total. The summed E-state index contributed by atoms with van der Waals surface area (Å²) in [6.07, 6.45) is 3.67. The Labute approximate surface area is 127 Å². The molecule has 0 spiro atoms. The molecule has 118 valence electrons. The number of piperidine rings is 1. The van der Waals surface area contributed by atoms with Crippen molar-refractivity contribution in [3.05, 3.63) is 24.0 Å². The largest absolute Gasteiger partial charge is 0.444 e. The normalized spacial score (nSPS) is 18.6. The topological polar surface area (TPSA) is 57.4 Å². The Hall–Kier alpha value is -1.49. The Morgan fingerprint density at radius 3 is 2.62 bits per heavy atom.